The first kappa shape index (κ1) is 10.0. The van der Waals surface area contributed by atoms with E-state index < -0.39 is 0 Å². The summed E-state index contributed by atoms with van der Waals surface area (Å²) in [5, 5.41) is 3.35. The SMILES string of the molecule is O=C(c1ccc2c(c1)CNCC2)C1CCC1. The van der Waals surface area contributed by atoms with Gasteiger partial charge in [0.25, 0.3) is 0 Å². The Balaban J connectivity index is 1.87. The van der Waals surface area contributed by atoms with Crippen LogP contribution >= 0.6 is 0 Å². The van der Waals surface area contributed by atoms with Crippen LogP contribution in [-0.4, -0.2) is 12.3 Å². The van der Waals surface area contributed by atoms with Crippen LogP contribution in [0.2, 0.25) is 0 Å². The Kier molecular flexibility index (Phi) is 2.52. The summed E-state index contributed by atoms with van der Waals surface area (Å²) in [6.45, 7) is 1.98. The molecule has 0 bridgehead atoms. The van der Waals surface area contributed by atoms with Gasteiger partial charge in [-0.15, -0.1) is 0 Å². The minimum absolute atomic E-state index is 0.314. The summed E-state index contributed by atoms with van der Waals surface area (Å²) in [6, 6.07) is 6.26. The van der Waals surface area contributed by atoms with Crippen LogP contribution in [0, 0.1) is 5.92 Å². The molecule has 0 atom stereocenters. The molecule has 84 valence electrons. The highest BCUT2D eigenvalue weighted by molar-refractivity contribution is 5.98. The summed E-state index contributed by atoms with van der Waals surface area (Å²) in [5.74, 6) is 0.675. The second kappa shape index (κ2) is 4.02. The minimum Gasteiger partial charge on any atom is -0.312 e. The molecule has 1 aromatic rings. The lowest BCUT2D eigenvalue weighted by molar-refractivity contribution is 0.0855. The van der Waals surface area contributed by atoms with Gasteiger partial charge in [0.2, 0.25) is 0 Å². The zero-order valence-corrected chi connectivity index (χ0v) is 9.46. The van der Waals surface area contributed by atoms with Crippen molar-refractivity contribution in [1.29, 1.82) is 0 Å². The largest absolute Gasteiger partial charge is 0.312 e. The molecule has 0 saturated heterocycles. The van der Waals surface area contributed by atoms with Gasteiger partial charge in [0.05, 0.1) is 0 Å². The number of fused-ring (bicyclic) bond motifs is 1. The fourth-order valence-corrected chi connectivity index (χ4v) is 2.54. The van der Waals surface area contributed by atoms with Crippen molar-refractivity contribution in [2.24, 2.45) is 5.92 Å². The molecule has 1 heterocycles. The molecule has 16 heavy (non-hydrogen) atoms. The standard InChI is InChI=1S/C14H17NO/c16-14(11-2-1-3-11)12-5-4-10-6-7-15-9-13(10)8-12/h4-5,8,11,15H,1-3,6-7,9H2. The molecule has 1 aromatic carbocycles. The van der Waals surface area contributed by atoms with Gasteiger partial charge in [-0.05, 0) is 43.0 Å². The van der Waals surface area contributed by atoms with Gasteiger partial charge in [0.1, 0.15) is 0 Å². The number of rotatable bonds is 2. The zero-order chi connectivity index (χ0) is 11.0. The molecular weight excluding hydrogens is 198 g/mol. The third kappa shape index (κ3) is 1.67. The molecule has 0 radical (unpaired) electrons. The van der Waals surface area contributed by atoms with Crippen LogP contribution in [0.15, 0.2) is 18.2 Å². The third-order valence-corrected chi connectivity index (χ3v) is 3.85. The Labute approximate surface area is 96.1 Å². The first-order chi connectivity index (χ1) is 7.84. The zero-order valence-electron chi connectivity index (χ0n) is 9.46. The van der Waals surface area contributed by atoms with Gasteiger partial charge in [0.15, 0.2) is 5.78 Å². The molecule has 0 aromatic heterocycles. The van der Waals surface area contributed by atoms with Crippen LogP contribution in [0.1, 0.15) is 40.7 Å². The molecule has 2 nitrogen and oxygen atoms in total. The van der Waals surface area contributed by atoms with Crippen molar-refractivity contribution >= 4 is 5.78 Å². The molecule has 2 aliphatic rings. The summed E-state index contributed by atoms with van der Waals surface area (Å²) in [6.07, 6.45) is 4.50. The van der Waals surface area contributed by atoms with Gasteiger partial charge in [-0.1, -0.05) is 18.6 Å². The van der Waals surface area contributed by atoms with Crippen molar-refractivity contribution in [3.63, 3.8) is 0 Å². The van der Waals surface area contributed by atoms with Crippen molar-refractivity contribution in [3.05, 3.63) is 34.9 Å². The first-order valence-corrected chi connectivity index (χ1v) is 6.21. The molecule has 3 rings (SSSR count). The van der Waals surface area contributed by atoms with Crippen LogP contribution in [-0.2, 0) is 13.0 Å². The molecule has 0 amide bonds. The van der Waals surface area contributed by atoms with E-state index in [1.54, 1.807) is 0 Å². The monoisotopic (exact) mass is 215 g/mol. The van der Waals surface area contributed by atoms with E-state index in [-0.39, 0.29) is 0 Å². The van der Waals surface area contributed by atoms with E-state index in [4.69, 9.17) is 0 Å². The van der Waals surface area contributed by atoms with Crippen molar-refractivity contribution in [1.82, 2.24) is 5.32 Å². The highest BCUT2D eigenvalue weighted by Crippen LogP contribution is 2.30. The molecule has 1 fully saturated rings. The van der Waals surface area contributed by atoms with Gasteiger partial charge in [-0.25, -0.2) is 0 Å². The van der Waals surface area contributed by atoms with E-state index in [0.29, 0.717) is 11.7 Å². The van der Waals surface area contributed by atoms with Gasteiger partial charge in [-0.2, -0.15) is 0 Å². The van der Waals surface area contributed by atoms with Gasteiger partial charge < -0.3 is 5.32 Å². The van der Waals surface area contributed by atoms with E-state index in [9.17, 15) is 4.79 Å². The molecular formula is C14H17NO. The Morgan fingerprint density at radius 3 is 2.88 bits per heavy atom. The summed E-state index contributed by atoms with van der Waals surface area (Å²) >= 11 is 0. The topological polar surface area (TPSA) is 29.1 Å². The van der Waals surface area contributed by atoms with Gasteiger partial charge >= 0.3 is 0 Å². The Bertz CT molecular complexity index is 421. The predicted octanol–water partition coefficient (Wildman–Crippen LogP) is 2.32. The number of nitrogens with one attached hydrogen (secondary N) is 1. The van der Waals surface area contributed by atoms with Crippen molar-refractivity contribution in [3.8, 4) is 0 Å². The van der Waals surface area contributed by atoms with Crippen LogP contribution < -0.4 is 5.32 Å². The number of hydrogen-bond donors (Lipinski definition) is 1. The van der Waals surface area contributed by atoms with Gasteiger partial charge in [-0.3, -0.25) is 4.79 Å². The predicted molar refractivity (Wildman–Crippen MR) is 63.5 cm³/mol. The Hall–Kier alpha value is -1.15. The fraction of sp³-hybridized carbons (Fsp3) is 0.500. The molecule has 0 spiro atoms. The third-order valence-electron chi connectivity index (χ3n) is 3.85. The maximum Gasteiger partial charge on any atom is 0.165 e. The molecule has 1 aliphatic heterocycles. The van der Waals surface area contributed by atoms with Crippen LogP contribution in [0.3, 0.4) is 0 Å². The van der Waals surface area contributed by atoms with Crippen molar-refractivity contribution in [2.75, 3.05) is 6.54 Å². The van der Waals surface area contributed by atoms with Crippen molar-refractivity contribution in [2.45, 2.75) is 32.2 Å². The van der Waals surface area contributed by atoms with E-state index in [1.165, 1.54) is 17.5 Å². The number of carbonyl (C=O) groups excluding carboxylic acids is 1. The Morgan fingerprint density at radius 1 is 1.25 bits per heavy atom. The molecule has 0 unspecified atom stereocenters. The highest BCUT2D eigenvalue weighted by atomic mass is 16.1. The smallest absolute Gasteiger partial charge is 0.165 e. The lowest BCUT2D eigenvalue weighted by atomic mass is 9.79. The summed E-state index contributed by atoms with van der Waals surface area (Å²) in [5.41, 5.74) is 3.65. The maximum absolute atomic E-state index is 12.1. The van der Waals surface area contributed by atoms with E-state index in [1.807, 2.05) is 6.07 Å². The summed E-state index contributed by atoms with van der Waals surface area (Å²) in [7, 11) is 0. The maximum atomic E-state index is 12.1. The van der Waals surface area contributed by atoms with Crippen LogP contribution in [0.25, 0.3) is 0 Å². The molecule has 1 N–H and O–H groups in total. The number of benzene rings is 1. The van der Waals surface area contributed by atoms with Crippen LogP contribution in [0.5, 0.6) is 0 Å². The van der Waals surface area contributed by atoms with Gasteiger partial charge in [0, 0.05) is 18.0 Å². The van der Waals surface area contributed by atoms with E-state index >= 15 is 0 Å². The van der Waals surface area contributed by atoms with E-state index in [0.717, 1.165) is 37.9 Å². The fourth-order valence-electron chi connectivity index (χ4n) is 2.54. The molecule has 2 heteroatoms. The second-order valence-corrected chi connectivity index (χ2v) is 4.90. The second-order valence-electron chi connectivity index (χ2n) is 4.90. The summed E-state index contributed by atoms with van der Waals surface area (Å²) in [4.78, 5) is 12.1. The number of carbonyl (C=O) groups is 1. The average molecular weight is 215 g/mol. The Morgan fingerprint density at radius 2 is 2.12 bits per heavy atom. The molecule has 1 saturated carbocycles. The van der Waals surface area contributed by atoms with E-state index in [2.05, 4.69) is 17.4 Å². The lowest BCUT2D eigenvalue weighted by Crippen LogP contribution is -2.25. The van der Waals surface area contributed by atoms with Crippen LogP contribution in [0.4, 0.5) is 0 Å². The molecule has 1 aliphatic carbocycles. The number of ketones is 1. The summed E-state index contributed by atoms with van der Waals surface area (Å²) < 4.78 is 0. The minimum atomic E-state index is 0.314. The number of hydrogen-bond acceptors (Lipinski definition) is 2. The quantitative estimate of drug-likeness (QED) is 0.767. The first-order valence-electron chi connectivity index (χ1n) is 6.21. The lowest BCUT2D eigenvalue weighted by Gasteiger charge is -2.25. The normalized spacial score (nSPS) is 20.0. The highest BCUT2D eigenvalue weighted by Gasteiger charge is 2.26. The van der Waals surface area contributed by atoms with Crippen molar-refractivity contribution < 1.29 is 4.79 Å². The average Bonchev–Trinajstić information content (AvgIpc) is 2.26. The number of Topliss-reactive ketones (excluding diaryl/α,β-unsaturated/α-hetero) is 1.